The summed E-state index contributed by atoms with van der Waals surface area (Å²) in [5.41, 5.74) is 0.296. The first-order valence-corrected chi connectivity index (χ1v) is 9.03. The highest BCUT2D eigenvalue weighted by molar-refractivity contribution is 5.97. The fourth-order valence-electron chi connectivity index (χ4n) is 3.68. The molecule has 1 saturated heterocycles. The molecule has 3 amide bonds. The molecule has 2 atom stereocenters. The molecule has 2 unspecified atom stereocenters. The molecule has 1 aliphatic heterocycles. The summed E-state index contributed by atoms with van der Waals surface area (Å²) in [4.78, 5) is 31.1. The van der Waals surface area contributed by atoms with Crippen LogP contribution in [0, 0.1) is 17.2 Å². The smallest absolute Gasteiger partial charge is 0.323 e. The van der Waals surface area contributed by atoms with Crippen LogP contribution in [-0.4, -0.2) is 48.0 Å². The highest BCUT2D eigenvalue weighted by atomic mass is 19.1. The van der Waals surface area contributed by atoms with Crippen LogP contribution in [0.5, 0.6) is 0 Å². The molecule has 6 heteroatoms. The summed E-state index contributed by atoms with van der Waals surface area (Å²) in [6.07, 6.45) is 0.271. The van der Waals surface area contributed by atoms with Gasteiger partial charge in [0.25, 0.3) is 0 Å². The van der Waals surface area contributed by atoms with E-state index in [1.54, 1.807) is 36.0 Å². The third-order valence-electron chi connectivity index (χ3n) is 4.79. The summed E-state index contributed by atoms with van der Waals surface area (Å²) < 4.78 is 13.2. The predicted octanol–water partition coefficient (Wildman–Crippen LogP) is 3.94. The van der Waals surface area contributed by atoms with Crippen molar-refractivity contribution in [3.05, 3.63) is 30.1 Å². The van der Waals surface area contributed by atoms with E-state index in [4.69, 9.17) is 0 Å². The molecule has 0 aliphatic carbocycles. The number of carbonyl (C=O) groups excluding carboxylic acids is 2. The van der Waals surface area contributed by atoms with Gasteiger partial charge < -0.3 is 4.90 Å². The number of amides is 3. The van der Waals surface area contributed by atoms with Crippen LogP contribution in [0.2, 0.25) is 0 Å². The average Bonchev–Trinajstić information content (AvgIpc) is 2.78. The van der Waals surface area contributed by atoms with Gasteiger partial charge in [0.2, 0.25) is 5.91 Å². The lowest BCUT2D eigenvalue weighted by Crippen LogP contribution is -2.54. The molecule has 1 fully saturated rings. The van der Waals surface area contributed by atoms with E-state index in [2.05, 4.69) is 0 Å². The summed E-state index contributed by atoms with van der Waals surface area (Å²) in [7, 11) is 3.42. The number of likely N-dealkylation sites (N-methyl/N-ethyl adjacent to an activating group) is 1. The second kappa shape index (κ2) is 7.25. The highest BCUT2D eigenvalue weighted by Gasteiger charge is 2.51. The largest absolute Gasteiger partial charge is 0.326 e. The van der Waals surface area contributed by atoms with Crippen LogP contribution in [0.25, 0.3) is 0 Å². The van der Waals surface area contributed by atoms with E-state index < -0.39 is 6.04 Å². The minimum atomic E-state index is -0.486. The summed E-state index contributed by atoms with van der Waals surface area (Å²) in [5, 5.41) is 0. The number of halogens is 1. The quantitative estimate of drug-likeness (QED) is 0.816. The Balaban J connectivity index is 2.42. The first kappa shape index (κ1) is 20.2. The van der Waals surface area contributed by atoms with Crippen molar-refractivity contribution in [1.29, 1.82) is 0 Å². The molecule has 2 rings (SSSR count). The predicted molar refractivity (Wildman–Crippen MR) is 101 cm³/mol. The van der Waals surface area contributed by atoms with E-state index in [0.29, 0.717) is 12.1 Å². The number of hydrogen-bond donors (Lipinski definition) is 0. The zero-order chi connectivity index (χ0) is 19.8. The summed E-state index contributed by atoms with van der Waals surface area (Å²) in [6, 6.07) is 5.05. The van der Waals surface area contributed by atoms with Gasteiger partial charge in [0.15, 0.2) is 0 Å². The summed E-state index contributed by atoms with van der Waals surface area (Å²) >= 11 is 0. The van der Waals surface area contributed by atoms with Crippen LogP contribution in [-0.2, 0) is 4.79 Å². The van der Waals surface area contributed by atoms with Gasteiger partial charge in [0.05, 0.1) is 0 Å². The topological polar surface area (TPSA) is 43.9 Å². The molecule has 1 heterocycles. The molecule has 0 radical (unpaired) electrons. The molecule has 5 nitrogen and oxygen atoms in total. The maximum Gasteiger partial charge on any atom is 0.326 e. The third-order valence-corrected chi connectivity index (χ3v) is 4.79. The normalized spacial score (nSPS) is 20.9. The Labute approximate surface area is 155 Å². The maximum atomic E-state index is 13.3. The van der Waals surface area contributed by atoms with Crippen molar-refractivity contribution >= 4 is 17.6 Å². The lowest BCUT2D eigenvalue weighted by molar-refractivity contribution is -0.130. The number of hydrogen-bond acceptors (Lipinski definition) is 2. The van der Waals surface area contributed by atoms with Gasteiger partial charge in [-0.15, -0.1) is 0 Å². The van der Waals surface area contributed by atoms with Crippen molar-refractivity contribution in [3.63, 3.8) is 0 Å². The number of carbonyl (C=O) groups is 2. The maximum absolute atomic E-state index is 13.3. The molecule has 1 aromatic rings. The van der Waals surface area contributed by atoms with Gasteiger partial charge in [-0.05, 0) is 36.6 Å². The van der Waals surface area contributed by atoms with E-state index in [0.717, 1.165) is 0 Å². The van der Waals surface area contributed by atoms with E-state index >= 15 is 0 Å². The van der Waals surface area contributed by atoms with Crippen molar-refractivity contribution in [1.82, 2.24) is 9.80 Å². The van der Waals surface area contributed by atoms with Crippen LogP contribution in [0.4, 0.5) is 14.9 Å². The first-order valence-electron chi connectivity index (χ1n) is 9.03. The molecule has 1 aromatic carbocycles. The minimum absolute atomic E-state index is 0.0283. The fraction of sp³-hybridized carbons (Fsp3) is 0.600. The molecule has 0 N–H and O–H groups in total. The number of nitrogens with zero attached hydrogens (tertiary/aromatic N) is 3. The summed E-state index contributed by atoms with van der Waals surface area (Å²) in [6.45, 7) is 10.2. The molecule has 144 valence electrons. The zero-order valence-electron chi connectivity index (χ0n) is 16.8. The molecule has 26 heavy (non-hydrogen) atoms. The lowest BCUT2D eigenvalue weighted by atomic mass is 9.91. The van der Waals surface area contributed by atoms with Crippen LogP contribution in [0.1, 0.15) is 41.0 Å². The van der Waals surface area contributed by atoms with Crippen molar-refractivity contribution in [3.8, 4) is 0 Å². The Morgan fingerprint density at radius 3 is 2.23 bits per heavy atom. The highest BCUT2D eigenvalue weighted by Crippen LogP contribution is 2.37. The van der Waals surface area contributed by atoms with Crippen molar-refractivity contribution in [2.75, 3.05) is 19.0 Å². The fourth-order valence-corrected chi connectivity index (χ4v) is 3.68. The van der Waals surface area contributed by atoms with Crippen LogP contribution in [0.15, 0.2) is 24.3 Å². The average molecular weight is 363 g/mol. The Kier molecular flexibility index (Phi) is 5.64. The number of anilines is 1. The number of urea groups is 1. The van der Waals surface area contributed by atoms with Gasteiger partial charge in [-0.3, -0.25) is 14.6 Å². The number of rotatable bonds is 3. The standard InChI is InChI=1S/C20H30FN3O2/c1-13(2)12-16-17(25)23(7)18(20(3,4)5)24(16)19(26)22(6)15-10-8-14(21)9-11-15/h8-11,13,16,18H,12H2,1-7H3. The molecule has 0 bridgehead atoms. The van der Waals surface area contributed by atoms with Gasteiger partial charge in [-0.1, -0.05) is 34.6 Å². The number of benzene rings is 1. The van der Waals surface area contributed by atoms with Gasteiger partial charge in [0.1, 0.15) is 18.0 Å². The SMILES string of the molecule is CC(C)CC1C(=O)N(C)C(C(C)(C)C)N1C(=O)N(C)c1ccc(F)cc1. The van der Waals surface area contributed by atoms with Crippen molar-refractivity contribution in [2.24, 2.45) is 11.3 Å². The molecule has 0 aromatic heterocycles. The Hall–Kier alpha value is -2.11. The summed E-state index contributed by atoms with van der Waals surface area (Å²) in [5.74, 6) is -0.0992. The second-order valence-corrected chi connectivity index (χ2v) is 8.56. The van der Waals surface area contributed by atoms with Gasteiger partial charge >= 0.3 is 6.03 Å². The molecular formula is C20H30FN3O2. The van der Waals surface area contributed by atoms with Crippen molar-refractivity contribution < 1.29 is 14.0 Å². The Morgan fingerprint density at radius 1 is 1.23 bits per heavy atom. The van der Waals surface area contributed by atoms with E-state index in [9.17, 15) is 14.0 Å². The molecule has 0 spiro atoms. The third kappa shape index (κ3) is 3.84. The van der Waals surface area contributed by atoms with E-state index in [1.807, 2.05) is 34.6 Å². The molecule has 0 saturated carbocycles. The Bertz CT molecular complexity index is 667. The zero-order valence-corrected chi connectivity index (χ0v) is 16.8. The Morgan fingerprint density at radius 2 is 1.77 bits per heavy atom. The molecular weight excluding hydrogens is 333 g/mol. The van der Waals surface area contributed by atoms with Crippen LogP contribution < -0.4 is 4.90 Å². The first-order chi connectivity index (χ1) is 11.9. The van der Waals surface area contributed by atoms with Gasteiger partial charge in [-0.2, -0.15) is 0 Å². The lowest BCUT2D eigenvalue weighted by Gasteiger charge is -2.40. The van der Waals surface area contributed by atoms with Crippen molar-refractivity contribution in [2.45, 2.75) is 53.2 Å². The van der Waals surface area contributed by atoms with Gasteiger partial charge in [-0.25, -0.2) is 9.18 Å². The van der Waals surface area contributed by atoms with E-state index in [-0.39, 0.29) is 35.3 Å². The second-order valence-electron chi connectivity index (χ2n) is 8.56. The monoisotopic (exact) mass is 363 g/mol. The van der Waals surface area contributed by atoms with Crippen LogP contribution >= 0.6 is 0 Å². The minimum Gasteiger partial charge on any atom is -0.323 e. The van der Waals surface area contributed by atoms with Gasteiger partial charge in [0, 0.05) is 25.2 Å². The van der Waals surface area contributed by atoms with Crippen LogP contribution in [0.3, 0.4) is 0 Å². The molecule has 1 aliphatic rings. The van der Waals surface area contributed by atoms with E-state index in [1.165, 1.54) is 17.0 Å².